The Balaban J connectivity index is 1.63. The Kier molecular flexibility index (Phi) is 6.00. The molecule has 0 aromatic heterocycles. The number of hydrogen-bond acceptors (Lipinski definition) is 4. The minimum absolute atomic E-state index is 0.0986. The number of halogens is 1. The number of aryl methyl sites for hydroxylation is 1. The predicted molar refractivity (Wildman–Crippen MR) is 138 cm³/mol. The van der Waals surface area contributed by atoms with Gasteiger partial charge in [0.05, 0.1) is 11.6 Å². The van der Waals surface area contributed by atoms with Gasteiger partial charge in [-0.2, -0.15) is 0 Å². The van der Waals surface area contributed by atoms with Crippen LogP contribution < -0.4 is 9.80 Å². The van der Waals surface area contributed by atoms with E-state index in [1.165, 1.54) is 17.7 Å². The van der Waals surface area contributed by atoms with E-state index in [0.29, 0.717) is 11.3 Å². The van der Waals surface area contributed by atoms with E-state index in [0.717, 1.165) is 34.4 Å². The smallest absolute Gasteiger partial charge is 0.300 e. The van der Waals surface area contributed by atoms with Gasteiger partial charge in [0.25, 0.3) is 11.7 Å². The van der Waals surface area contributed by atoms with Crippen LogP contribution in [0, 0.1) is 6.92 Å². The summed E-state index contributed by atoms with van der Waals surface area (Å²) in [6.07, 6.45) is 2.36. The third kappa shape index (κ3) is 4.03. The van der Waals surface area contributed by atoms with Crippen LogP contribution in [0.5, 0.6) is 0 Å². The second-order valence-corrected chi connectivity index (χ2v) is 9.72. The summed E-state index contributed by atoms with van der Waals surface area (Å²) in [6.45, 7) is 4.02. The molecule has 0 bridgehead atoms. The van der Waals surface area contributed by atoms with Crippen LogP contribution in [0.2, 0.25) is 0 Å². The standard InChI is InChI=1S/C28H25BrN2O3/c1-18-5-4-6-20(17-18)25-24(26(32)19-7-9-21(29)10-8-19)27(33)28(34)31(25)23-13-11-22(12-14-23)30-15-2-3-16-30/h4-14,17,25,32H,2-3,15-16H2,1H3/b26-24+. The van der Waals surface area contributed by atoms with Gasteiger partial charge in [0.2, 0.25) is 0 Å². The van der Waals surface area contributed by atoms with Crippen molar-refractivity contribution < 1.29 is 14.7 Å². The van der Waals surface area contributed by atoms with Crippen LogP contribution in [0.15, 0.2) is 82.8 Å². The molecule has 0 radical (unpaired) electrons. The van der Waals surface area contributed by atoms with Gasteiger partial charge < -0.3 is 10.0 Å². The largest absolute Gasteiger partial charge is 0.507 e. The van der Waals surface area contributed by atoms with Gasteiger partial charge in [0.15, 0.2) is 0 Å². The molecule has 0 aliphatic carbocycles. The van der Waals surface area contributed by atoms with E-state index in [-0.39, 0.29) is 11.3 Å². The van der Waals surface area contributed by atoms with Gasteiger partial charge in [0, 0.05) is 34.5 Å². The number of ketones is 1. The summed E-state index contributed by atoms with van der Waals surface area (Å²) in [5.41, 5.74) is 4.12. The third-order valence-corrected chi connectivity index (χ3v) is 7.05. The Hall–Kier alpha value is -3.38. The van der Waals surface area contributed by atoms with E-state index in [2.05, 4.69) is 20.8 Å². The van der Waals surface area contributed by atoms with E-state index < -0.39 is 17.7 Å². The Morgan fingerprint density at radius 3 is 2.21 bits per heavy atom. The van der Waals surface area contributed by atoms with Crippen molar-refractivity contribution in [3.63, 3.8) is 0 Å². The van der Waals surface area contributed by atoms with Crippen molar-refractivity contribution in [1.82, 2.24) is 0 Å². The Labute approximate surface area is 207 Å². The molecule has 2 aliphatic heterocycles. The number of carbonyl (C=O) groups is 2. The maximum Gasteiger partial charge on any atom is 0.300 e. The highest BCUT2D eigenvalue weighted by Gasteiger charge is 2.47. The monoisotopic (exact) mass is 516 g/mol. The van der Waals surface area contributed by atoms with Crippen molar-refractivity contribution in [3.8, 4) is 0 Å². The lowest BCUT2D eigenvalue weighted by Gasteiger charge is -2.26. The maximum atomic E-state index is 13.3. The molecule has 172 valence electrons. The van der Waals surface area contributed by atoms with E-state index in [9.17, 15) is 14.7 Å². The molecule has 6 heteroatoms. The molecule has 2 heterocycles. The summed E-state index contributed by atoms with van der Waals surface area (Å²) < 4.78 is 0.859. The first-order valence-corrected chi connectivity index (χ1v) is 12.2. The molecular formula is C28H25BrN2O3. The molecule has 5 nitrogen and oxygen atoms in total. The average Bonchev–Trinajstić information content (AvgIpc) is 3.47. The molecule has 1 unspecified atom stereocenters. The fourth-order valence-electron chi connectivity index (χ4n) is 4.82. The molecular weight excluding hydrogens is 492 g/mol. The fraction of sp³-hybridized carbons (Fsp3) is 0.214. The van der Waals surface area contributed by atoms with Crippen LogP contribution in [0.1, 0.15) is 35.6 Å². The van der Waals surface area contributed by atoms with Crippen LogP contribution in [0.4, 0.5) is 11.4 Å². The van der Waals surface area contributed by atoms with Crippen molar-refractivity contribution in [3.05, 3.63) is 99.5 Å². The van der Waals surface area contributed by atoms with E-state index in [1.54, 1.807) is 24.3 Å². The number of aliphatic hydroxyl groups is 1. The second-order valence-electron chi connectivity index (χ2n) is 8.80. The predicted octanol–water partition coefficient (Wildman–Crippen LogP) is 5.98. The van der Waals surface area contributed by atoms with Crippen molar-refractivity contribution in [1.29, 1.82) is 0 Å². The van der Waals surface area contributed by atoms with E-state index >= 15 is 0 Å². The minimum atomic E-state index is -0.721. The zero-order valence-electron chi connectivity index (χ0n) is 18.9. The number of anilines is 2. The Morgan fingerprint density at radius 2 is 1.56 bits per heavy atom. The minimum Gasteiger partial charge on any atom is -0.507 e. The zero-order valence-corrected chi connectivity index (χ0v) is 20.5. The Morgan fingerprint density at radius 1 is 0.912 bits per heavy atom. The highest BCUT2D eigenvalue weighted by molar-refractivity contribution is 9.10. The summed E-state index contributed by atoms with van der Waals surface area (Å²) >= 11 is 3.40. The van der Waals surface area contributed by atoms with Gasteiger partial charge in [-0.1, -0.05) is 57.9 Å². The summed E-state index contributed by atoms with van der Waals surface area (Å²) in [5, 5.41) is 11.2. The number of rotatable bonds is 4. The first kappa shape index (κ1) is 22.4. The van der Waals surface area contributed by atoms with Crippen LogP contribution >= 0.6 is 15.9 Å². The van der Waals surface area contributed by atoms with E-state index in [1.807, 2.05) is 55.5 Å². The normalized spacial score (nSPS) is 19.8. The summed E-state index contributed by atoms with van der Waals surface area (Å²) in [4.78, 5) is 30.5. The highest BCUT2D eigenvalue weighted by Crippen LogP contribution is 2.42. The molecule has 0 saturated carbocycles. The number of Topliss-reactive ketones (excluding diaryl/α,β-unsaturated/α-hetero) is 1. The maximum absolute atomic E-state index is 13.3. The molecule has 2 aliphatic rings. The fourth-order valence-corrected chi connectivity index (χ4v) is 5.08. The van der Waals surface area contributed by atoms with Crippen molar-refractivity contribution >= 4 is 44.8 Å². The molecule has 0 spiro atoms. The van der Waals surface area contributed by atoms with Crippen molar-refractivity contribution in [2.45, 2.75) is 25.8 Å². The number of carbonyl (C=O) groups excluding carboxylic acids is 2. The molecule has 1 atom stereocenters. The zero-order chi connectivity index (χ0) is 23.8. The first-order valence-electron chi connectivity index (χ1n) is 11.4. The van der Waals surface area contributed by atoms with Gasteiger partial charge in [0.1, 0.15) is 5.76 Å². The Bertz CT molecular complexity index is 1280. The molecule has 2 fully saturated rings. The average molecular weight is 517 g/mol. The molecule has 5 rings (SSSR count). The molecule has 3 aromatic rings. The van der Waals surface area contributed by atoms with Crippen molar-refractivity contribution in [2.24, 2.45) is 0 Å². The lowest BCUT2D eigenvalue weighted by Crippen LogP contribution is -2.29. The topological polar surface area (TPSA) is 60.9 Å². The van der Waals surface area contributed by atoms with E-state index in [4.69, 9.17) is 0 Å². The lowest BCUT2D eigenvalue weighted by molar-refractivity contribution is -0.132. The van der Waals surface area contributed by atoms with Gasteiger partial charge in [-0.25, -0.2) is 0 Å². The first-order chi connectivity index (χ1) is 16.4. The van der Waals surface area contributed by atoms with Gasteiger partial charge in [-0.05, 0) is 61.7 Å². The number of aliphatic hydroxyl groups excluding tert-OH is 1. The van der Waals surface area contributed by atoms with Crippen LogP contribution in [-0.4, -0.2) is 29.9 Å². The van der Waals surface area contributed by atoms with Crippen LogP contribution in [0.3, 0.4) is 0 Å². The SMILES string of the molecule is Cc1cccc(C2/C(=C(\O)c3ccc(Br)cc3)C(=O)C(=O)N2c2ccc(N3CCCC3)cc2)c1. The number of nitrogens with zero attached hydrogens (tertiary/aromatic N) is 2. The highest BCUT2D eigenvalue weighted by atomic mass is 79.9. The second kappa shape index (κ2) is 9.11. The van der Waals surface area contributed by atoms with Gasteiger partial charge in [-0.15, -0.1) is 0 Å². The molecule has 1 N–H and O–H groups in total. The summed E-state index contributed by atoms with van der Waals surface area (Å²) in [5.74, 6) is -1.50. The van der Waals surface area contributed by atoms with Crippen LogP contribution in [-0.2, 0) is 9.59 Å². The molecule has 34 heavy (non-hydrogen) atoms. The number of hydrogen-bond donors (Lipinski definition) is 1. The number of amides is 1. The quantitative estimate of drug-likeness (QED) is 0.263. The molecule has 2 saturated heterocycles. The summed E-state index contributed by atoms with van der Waals surface area (Å²) in [7, 11) is 0. The third-order valence-electron chi connectivity index (χ3n) is 6.52. The van der Waals surface area contributed by atoms with Gasteiger partial charge in [-0.3, -0.25) is 14.5 Å². The van der Waals surface area contributed by atoms with Crippen molar-refractivity contribution in [2.75, 3.05) is 22.9 Å². The number of benzene rings is 3. The van der Waals surface area contributed by atoms with Crippen LogP contribution in [0.25, 0.3) is 5.76 Å². The molecule has 1 amide bonds. The molecule has 3 aromatic carbocycles. The van der Waals surface area contributed by atoms with Gasteiger partial charge >= 0.3 is 0 Å². The summed E-state index contributed by atoms with van der Waals surface area (Å²) in [6, 6.07) is 21.8. The lowest BCUT2D eigenvalue weighted by atomic mass is 9.94.